The van der Waals surface area contributed by atoms with E-state index >= 15 is 0 Å². The van der Waals surface area contributed by atoms with Crippen molar-refractivity contribution in [3.8, 4) is 16.4 Å². The van der Waals surface area contributed by atoms with Gasteiger partial charge in [-0.1, -0.05) is 47.1 Å². The van der Waals surface area contributed by atoms with Crippen LogP contribution >= 0.6 is 22.9 Å². The molecule has 1 N–H and O–H groups in total. The van der Waals surface area contributed by atoms with Crippen molar-refractivity contribution in [1.82, 2.24) is 44.3 Å². The van der Waals surface area contributed by atoms with Gasteiger partial charge in [0.05, 0.1) is 35.9 Å². The maximum atomic E-state index is 12.1. The number of aliphatic hydroxyl groups excluding tert-OH is 1. The molecular weight excluding hydrogens is 606 g/mol. The minimum atomic E-state index is -1.15. The molecule has 0 aliphatic carbocycles. The molecule has 4 aromatic heterocycles. The molecule has 0 spiro atoms. The predicted octanol–water partition coefficient (Wildman–Crippen LogP) is 3.99. The summed E-state index contributed by atoms with van der Waals surface area (Å²) in [5, 5.41) is 32.5. The second-order valence-corrected chi connectivity index (χ2v) is 12.0. The Hall–Kier alpha value is -4.05. The van der Waals surface area contributed by atoms with Crippen LogP contribution in [0.15, 0.2) is 66.4 Å². The summed E-state index contributed by atoms with van der Waals surface area (Å²) in [7, 11) is 1.94. The maximum absolute atomic E-state index is 12.1. The Morgan fingerprint density at radius 2 is 1.93 bits per heavy atom. The van der Waals surface area contributed by atoms with Crippen LogP contribution in [0, 0.1) is 6.92 Å². The van der Waals surface area contributed by atoms with E-state index in [9.17, 15) is 5.11 Å². The van der Waals surface area contributed by atoms with Crippen molar-refractivity contribution < 1.29 is 19.3 Å². The number of aromatic nitrogens is 9. The second kappa shape index (κ2) is 10.8. The van der Waals surface area contributed by atoms with Crippen molar-refractivity contribution in [2.45, 2.75) is 43.7 Å². The first-order chi connectivity index (χ1) is 21.4. The van der Waals surface area contributed by atoms with Crippen LogP contribution in [-0.4, -0.2) is 74.3 Å². The van der Waals surface area contributed by atoms with Crippen LogP contribution in [0.25, 0.3) is 27.4 Å². The summed E-state index contributed by atoms with van der Waals surface area (Å²) in [6.45, 7) is 2.08. The van der Waals surface area contributed by atoms with Crippen molar-refractivity contribution in [3.05, 3.63) is 88.8 Å². The molecule has 44 heavy (non-hydrogen) atoms. The van der Waals surface area contributed by atoms with E-state index in [4.69, 9.17) is 25.8 Å². The number of aryl methyl sites for hydroxylation is 2. The second-order valence-electron chi connectivity index (χ2n) is 10.8. The highest BCUT2D eigenvalue weighted by molar-refractivity contribution is 7.13. The molecule has 15 heteroatoms. The highest BCUT2D eigenvalue weighted by atomic mass is 35.5. The summed E-state index contributed by atoms with van der Waals surface area (Å²) in [5.41, 5.74) is 4.02. The van der Waals surface area contributed by atoms with Gasteiger partial charge in [-0.15, -0.1) is 26.6 Å². The molecule has 0 bridgehead atoms. The van der Waals surface area contributed by atoms with Crippen molar-refractivity contribution in [3.63, 3.8) is 0 Å². The number of nitrogens with zero attached hydrogens (tertiary/aromatic N) is 9. The van der Waals surface area contributed by atoms with E-state index in [1.165, 1.54) is 11.3 Å². The lowest BCUT2D eigenvalue weighted by Crippen LogP contribution is -2.57. The molecule has 0 saturated carbocycles. The van der Waals surface area contributed by atoms with Gasteiger partial charge in [0.25, 0.3) is 0 Å². The molecule has 2 saturated heterocycles. The number of imidazole rings is 1. The number of ether oxygens (including phenoxy) is 3. The summed E-state index contributed by atoms with van der Waals surface area (Å²) < 4.78 is 24.7. The van der Waals surface area contributed by atoms with Gasteiger partial charge in [0.15, 0.2) is 12.1 Å². The molecule has 0 amide bonds. The van der Waals surface area contributed by atoms with Crippen LogP contribution in [0.1, 0.15) is 35.6 Å². The molecule has 2 aliphatic heterocycles. The maximum Gasteiger partial charge on any atom is 0.184 e. The fraction of sp³-hybridized carbons (Fsp3) is 0.310. The highest BCUT2D eigenvalue weighted by Crippen LogP contribution is 2.44. The van der Waals surface area contributed by atoms with Crippen molar-refractivity contribution >= 4 is 34.0 Å². The van der Waals surface area contributed by atoms with Crippen molar-refractivity contribution in [2.24, 2.45) is 7.05 Å². The van der Waals surface area contributed by atoms with Crippen molar-refractivity contribution in [1.29, 1.82) is 0 Å². The first kappa shape index (κ1) is 27.5. The molecule has 6 atom stereocenters. The first-order valence-corrected chi connectivity index (χ1v) is 15.2. The fourth-order valence-electron chi connectivity index (χ4n) is 5.94. The number of halogens is 1. The number of hydrogen-bond donors (Lipinski definition) is 1. The van der Waals surface area contributed by atoms with Crippen LogP contribution < -0.4 is 0 Å². The normalized spacial score (nSPS) is 25.4. The molecule has 2 aromatic carbocycles. The zero-order valence-corrected chi connectivity index (χ0v) is 25.1. The van der Waals surface area contributed by atoms with Crippen LogP contribution in [0.3, 0.4) is 0 Å². The third kappa shape index (κ3) is 4.62. The highest BCUT2D eigenvalue weighted by Gasteiger charge is 2.52. The quantitative estimate of drug-likeness (QED) is 0.297. The molecule has 13 nitrogen and oxygen atoms in total. The van der Waals surface area contributed by atoms with E-state index in [2.05, 4.69) is 30.5 Å². The van der Waals surface area contributed by atoms with Gasteiger partial charge in [-0.25, -0.2) is 14.6 Å². The number of aliphatic hydroxyl groups is 1. The van der Waals surface area contributed by atoms with Gasteiger partial charge in [0.1, 0.15) is 52.1 Å². The van der Waals surface area contributed by atoms with Gasteiger partial charge in [0, 0.05) is 18.0 Å². The summed E-state index contributed by atoms with van der Waals surface area (Å²) in [5.74, 6) is 1.08. The Morgan fingerprint density at radius 1 is 1.07 bits per heavy atom. The summed E-state index contributed by atoms with van der Waals surface area (Å²) in [6.07, 6.45) is -0.367. The third-order valence-corrected chi connectivity index (χ3v) is 9.22. The summed E-state index contributed by atoms with van der Waals surface area (Å²) >= 11 is 7.44. The topological polar surface area (TPSA) is 140 Å². The van der Waals surface area contributed by atoms with Gasteiger partial charge in [-0.3, -0.25) is 4.57 Å². The average molecular weight is 632 g/mol. The summed E-state index contributed by atoms with van der Waals surface area (Å²) in [6, 6.07) is 14.9. The van der Waals surface area contributed by atoms with E-state index < -0.39 is 36.7 Å². The Bertz CT molecular complexity index is 1960. The number of rotatable bonds is 5. The molecule has 6 heterocycles. The molecule has 0 radical (unpaired) electrons. The van der Waals surface area contributed by atoms with Crippen LogP contribution in [-0.2, 0) is 21.3 Å². The predicted molar refractivity (Wildman–Crippen MR) is 159 cm³/mol. The lowest BCUT2D eigenvalue weighted by Gasteiger charge is -2.47. The Balaban J connectivity index is 1.20. The number of thiazole rings is 1. The number of benzene rings is 2. The van der Waals surface area contributed by atoms with E-state index in [1.54, 1.807) is 22.6 Å². The molecule has 2 aliphatic rings. The fourth-order valence-corrected chi connectivity index (χ4v) is 6.83. The molecule has 224 valence electrons. The standard InChI is InChI=1S/C29H26ClN9O4S/c1-15-33-35-27(39(15)17-8-9-18-20(10-17)37(2)14-31-18)26-24(40)23(38-11-19(34-36-38)28-32-22(30)13-44-28)25-21(42-26)12-41-29(43-25)16-6-4-3-5-7-16/h3-11,13-14,21,23-26,29,40H,12H2,1-2H3/t21?,23?,24-,25-,26+,29?/m0/s1. The van der Waals surface area contributed by atoms with E-state index in [1.807, 2.05) is 71.6 Å². The van der Waals surface area contributed by atoms with E-state index in [0.29, 0.717) is 27.5 Å². The third-order valence-electron chi connectivity index (χ3n) is 8.03. The molecule has 2 fully saturated rings. The van der Waals surface area contributed by atoms with E-state index in [-0.39, 0.29) is 6.61 Å². The van der Waals surface area contributed by atoms with Crippen molar-refractivity contribution in [2.75, 3.05) is 6.61 Å². The zero-order valence-electron chi connectivity index (χ0n) is 23.5. The van der Waals surface area contributed by atoms with Crippen LogP contribution in [0.4, 0.5) is 0 Å². The number of fused-ring (bicyclic) bond motifs is 2. The Labute approximate surface area is 259 Å². The van der Waals surface area contributed by atoms with Crippen LogP contribution in [0.2, 0.25) is 5.15 Å². The van der Waals surface area contributed by atoms with E-state index in [0.717, 1.165) is 22.3 Å². The molecule has 3 unspecified atom stereocenters. The average Bonchev–Trinajstić information content (AvgIpc) is 3.85. The Kier molecular flexibility index (Phi) is 6.77. The minimum absolute atomic E-state index is 0.224. The van der Waals surface area contributed by atoms with Gasteiger partial charge in [-0.05, 0) is 25.1 Å². The number of hydrogen-bond acceptors (Lipinski definition) is 11. The van der Waals surface area contributed by atoms with Crippen LogP contribution in [0.5, 0.6) is 0 Å². The van der Waals surface area contributed by atoms with Gasteiger partial charge in [-0.2, -0.15) is 0 Å². The SMILES string of the molecule is Cc1nnc([C@@H]2OC3COC(c4ccccc4)O[C@@H]3C(n3cc(-c4nc(Cl)cs4)nn3)[C@@H]2O)n1-c1ccc2ncn(C)c2c1. The van der Waals surface area contributed by atoms with Gasteiger partial charge < -0.3 is 23.9 Å². The smallest absolute Gasteiger partial charge is 0.184 e. The minimum Gasteiger partial charge on any atom is -0.388 e. The first-order valence-electron chi connectivity index (χ1n) is 14.0. The van der Waals surface area contributed by atoms with Gasteiger partial charge in [0.2, 0.25) is 0 Å². The molecule has 6 aromatic rings. The monoisotopic (exact) mass is 631 g/mol. The molecule has 8 rings (SSSR count). The zero-order chi connectivity index (χ0) is 29.9. The molecular formula is C29H26ClN9O4S. The summed E-state index contributed by atoms with van der Waals surface area (Å²) in [4.78, 5) is 8.76. The lowest BCUT2D eigenvalue weighted by atomic mass is 9.91. The van der Waals surface area contributed by atoms with Gasteiger partial charge >= 0.3 is 0 Å². The Morgan fingerprint density at radius 3 is 2.75 bits per heavy atom. The largest absolute Gasteiger partial charge is 0.388 e. The lowest BCUT2D eigenvalue weighted by molar-refractivity contribution is -0.319.